The molecule has 0 amide bonds. The largest absolute Gasteiger partial charge is 0.355 e. The van der Waals surface area contributed by atoms with Crippen LogP contribution >= 0.6 is 0 Å². The molecule has 21 heavy (non-hydrogen) atoms. The van der Waals surface area contributed by atoms with Crippen molar-refractivity contribution in [1.82, 2.24) is 0 Å². The topological polar surface area (TPSA) is 12.0 Å². The van der Waals surface area contributed by atoms with Gasteiger partial charge in [0.15, 0.2) is 0 Å². The molecule has 0 aliphatic carbocycles. The predicted octanol–water partition coefficient (Wildman–Crippen LogP) is 5.74. The molecule has 0 saturated heterocycles. The van der Waals surface area contributed by atoms with Crippen molar-refractivity contribution < 1.29 is 0 Å². The van der Waals surface area contributed by atoms with E-state index in [-0.39, 0.29) is 0 Å². The maximum Gasteiger partial charge on any atom is 0.0470 e. The molecule has 0 radical (unpaired) electrons. The molecular weight excluding hydrogens is 254 g/mol. The molecule has 0 unspecified atom stereocenters. The first-order valence-corrected chi connectivity index (χ1v) is 7.14. The van der Waals surface area contributed by atoms with Crippen LogP contribution < -0.4 is 5.32 Å². The highest BCUT2D eigenvalue weighted by Crippen LogP contribution is 2.32. The van der Waals surface area contributed by atoms with Crippen LogP contribution in [0.1, 0.15) is 0 Å². The lowest BCUT2D eigenvalue weighted by Crippen LogP contribution is -1.91. The second-order valence-electron chi connectivity index (χ2n) is 5.18. The first kappa shape index (κ1) is 12.0. The summed E-state index contributed by atoms with van der Waals surface area (Å²) in [4.78, 5) is 0. The average Bonchev–Trinajstić information content (AvgIpc) is 2.56. The van der Waals surface area contributed by atoms with Gasteiger partial charge in [0.1, 0.15) is 0 Å². The van der Waals surface area contributed by atoms with Crippen LogP contribution in [-0.2, 0) is 0 Å². The van der Waals surface area contributed by atoms with Gasteiger partial charge in [-0.3, -0.25) is 0 Å². The predicted molar refractivity (Wildman–Crippen MR) is 91.2 cm³/mol. The Morgan fingerprint density at radius 3 is 2.14 bits per heavy atom. The molecule has 4 rings (SSSR count). The Balaban J connectivity index is 1.98. The second-order valence-corrected chi connectivity index (χ2v) is 5.18. The minimum absolute atomic E-state index is 1.11. The summed E-state index contributed by atoms with van der Waals surface area (Å²) in [6, 6.07) is 29.6. The standard InChI is InChI=1S/C20H15N/c1-2-9-17(10-3-1)21-19-12-6-8-16-14-13-15-7-4-5-11-18(15)20(16)19/h1-14,21H. The fraction of sp³-hybridized carbons (Fsp3) is 0. The Morgan fingerprint density at radius 1 is 0.524 bits per heavy atom. The van der Waals surface area contributed by atoms with Gasteiger partial charge in [0, 0.05) is 16.8 Å². The summed E-state index contributed by atoms with van der Waals surface area (Å²) in [5.41, 5.74) is 2.26. The lowest BCUT2D eigenvalue weighted by Gasteiger charge is -2.12. The van der Waals surface area contributed by atoms with Gasteiger partial charge in [-0.15, -0.1) is 0 Å². The summed E-state index contributed by atoms with van der Waals surface area (Å²) in [6.45, 7) is 0. The highest BCUT2D eigenvalue weighted by atomic mass is 14.9. The van der Waals surface area contributed by atoms with E-state index in [4.69, 9.17) is 0 Å². The first-order valence-electron chi connectivity index (χ1n) is 7.14. The molecule has 0 atom stereocenters. The van der Waals surface area contributed by atoms with Gasteiger partial charge in [0.25, 0.3) is 0 Å². The Bertz CT molecular complexity index is 910. The lowest BCUT2D eigenvalue weighted by molar-refractivity contribution is 1.58. The van der Waals surface area contributed by atoms with Crippen molar-refractivity contribution in [3.05, 3.63) is 84.9 Å². The van der Waals surface area contributed by atoms with Gasteiger partial charge >= 0.3 is 0 Å². The highest BCUT2D eigenvalue weighted by Gasteiger charge is 2.05. The van der Waals surface area contributed by atoms with Gasteiger partial charge in [-0.25, -0.2) is 0 Å². The number of nitrogens with one attached hydrogen (secondary N) is 1. The molecular formula is C20H15N. The number of rotatable bonds is 2. The molecule has 0 saturated carbocycles. The molecule has 0 spiro atoms. The SMILES string of the molecule is c1ccc(Nc2cccc3ccc4ccccc4c23)cc1. The number of hydrogen-bond acceptors (Lipinski definition) is 1. The maximum atomic E-state index is 3.54. The smallest absolute Gasteiger partial charge is 0.0470 e. The zero-order valence-corrected chi connectivity index (χ0v) is 11.6. The van der Waals surface area contributed by atoms with Crippen LogP contribution in [0.15, 0.2) is 84.9 Å². The molecule has 0 heterocycles. The fourth-order valence-electron chi connectivity index (χ4n) is 2.84. The van der Waals surface area contributed by atoms with Crippen LogP contribution in [0.25, 0.3) is 21.5 Å². The van der Waals surface area contributed by atoms with Crippen molar-refractivity contribution >= 4 is 32.9 Å². The monoisotopic (exact) mass is 269 g/mol. The molecule has 1 nitrogen and oxygen atoms in total. The minimum Gasteiger partial charge on any atom is -0.355 e. The van der Waals surface area contributed by atoms with E-state index >= 15 is 0 Å². The summed E-state index contributed by atoms with van der Waals surface area (Å²) in [7, 11) is 0. The van der Waals surface area contributed by atoms with Crippen molar-refractivity contribution in [3.8, 4) is 0 Å². The van der Waals surface area contributed by atoms with Crippen molar-refractivity contribution in [1.29, 1.82) is 0 Å². The van der Waals surface area contributed by atoms with Crippen molar-refractivity contribution in [2.24, 2.45) is 0 Å². The molecule has 4 aromatic carbocycles. The zero-order valence-electron chi connectivity index (χ0n) is 11.6. The molecule has 4 aromatic rings. The minimum atomic E-state index is 1.11. The van der Waals surface area contributed by atoms with E-state index in [1.165, 1.54) is 21.5 Å². The van der Waals surface area contributed by atoms with Gasteiger partial charge < -0.3 is 5.32 Å². The van der Waals surface area contributed by atoms with Gasteiger partial charge in [-0.1, -0.05) is 66.7 Å². The van der Waals surface area contributed by atoms with Crippen LogP contribution in [-0.4, -0.2) is 0 Å². The van der Waals surface area contributed by atoms with Crippen LogP contribution in [0.2, 0.25) is 0 Å². The van der Waals surface area contributed by atoms with Crippen LogP contribution in [0.5, 0.6) is 0 Å². The van der Waals surface area contributed by atoms with Crippen LogP contribution in [0.4, 0.5) is 11.4 Å². The number of fused-ring (bicyclic) bond motifs is 3. The van der Waals surface area contributed by atoms with E-state index in [2.05, 4.69) is 72.0 Å². The van der Waals surface area contributed by atoms with Gasteiger partial charge in [-0.2, -0.15) is 0 Å². The number of benzene rings is 4. The third kappa shape index (κ3) is 2.13. The normalized spacial score (nSPS) is 10.9. The molecule has 1 heteroatoms. The lowest BCUT2D eigenvalue weighted by atomic mass is 10.0. The molecule has 0 aliphatic heterocycles. The van der Waals surface area contributed by atoms with Gasteiger partial charge in [-0.05, 0) is 34.4 Å². The van der Waals surface area contributed by atoms with E-state index < -0.39 is 0 Å². The van der Waals surface area contributed by atoms with Crippen LogP contribution in [0.3, 0.4) is 0 Å². The van der Waals surface area contributed by atoms with E-state index in [1.807, 2.05) is 18.2 Å². The average molecular weight is 269 g/mol. The summed E-state index contributed by atoms with van der Waals surface area (Å²) in [5, 5.41) is 8.63. The maximum absolute atomic E-state index is 3.54. The Morgan fingerprint density at radius 2 is 1.24 bits per heavy atom. The van der Waals surface area contributed by atoms with E-state index in [9.17, 15) is 0 Å². The highest BCUT2D eigenvalue weighted by molar-refractivity contribution is 6.13. The summed E-state index contributed by atoms with van der Waals surface area (Å²) in [5.74, 6) is 0. The Hall–Kier alpha value is -2.80. The van der Waals surface area contributed by atoms with E-state index in [0.717, 1.165) is 11.4 Å². The van der Waals surface area contributed by atoms with Crippen molar-refractivity contribution in [2.45, 2.75) is 0 Å². The quantitative estimate of drug-likeness (QED) is 0.458. The number of hydrogen-bond donors (Lipinski definition) is 1. The molecule has 0 aromatic heterocycles. The second kappa shape index (κ2) is 4.95. The van der Waals surface area contributed by atoms with Crippen molar-refractivity contribution in [3.63, 3.8) is 0 Å². The third-order valence-electron chi connectivity index (χ3n) is 3.82. The van der Waals surface area contributed by atoms with Gasteiger partial charge in [0.05, 0.1) is 0 Å². The number of anilines is 2. The number of para-hydroxylation sites is 1. The molecule has 0 aliphatic rings. The summed E-state index contributed by atoms with van der Waals surface area (Å²) in [6.07, 6.45) is 0. The first-order chi connectivity index (χ1) is 10.4. The fourth-order valence-corrected chi connectivity index (χ4v) is 2.84. The third-order valence-corrected chi connectivity index (χ3v) is 3.82. The van der Waals surface area contributed by atoms with E-state index in [1.54, 1.807) is 0 Å². The summed E-state index contributed by atoms with van der Waals surface area (Å²) < 4.78 is 0. The van der Waals surface area contributed by atoms with Gasteiger partial charge in [0.2, 0.25) is 0 Å². The molecule has 1 N–H and O–H groups in total. The van der Waals surface area contributed by atoms with Crippen LogP contribution in [0, 0.1) is 0 Å². The Labute approximate surface area is 123 Å². The van der Waals surface area contributed by atoms with E-state index in [0.29, 0.717) is 0 Å². The Kier molecular flexibility index (Phi) is 2.82. The molecule has 0 fully saturated rings. The molecule has 0 bridgehead atoms. The van der Waals surface area contributed by atoms with Crippen molar-refractivity contribution in [2.75, 3.05) is 5.32 Å². The zero-order chi connectivity index (χ0) is 14.1. The summed E-state index contributed by atoms with van der Waals surface area (Å²) >= 11 is 0. The molecule has 100 valence electrons.